The standard InChI is InChI=1S/C9H16N4O2S/c1-6(2)8-5-9(11-10-8)13-16(14,15)12-7-3-4-7/h5-7,12H,3-4H2,1-2H3,(H2,10,11,13). The minimum Gasteiger partial charge on any atom is -0.280 e. The molecule has 0 amide bonds. The first-order valence-corrected chi connectivity index (χ1v) is 6.80. The molecule has 6 nitrogen and oxygen atoms in total. The smallest absolute Gasteiger partial charge is 0.280 e. The van der Waals surface area contributed by atoms with Gasteiger partial charge in [-0.2, -0.15) is 18.2 Å². The Balaban J connectivity index is 2.01. The lowest BCUT2D eigenvalue weighted by Gasteiger charge is -2.04. The van der Waals surface area contributed by atoms with Crippen LogP contribution in [0.3, 0.4) is 0 Å². The molecule has 0 aliphatic heterocycles. The van der Waals surface area contributed by atoms with Gasteiger partial charge in [0.1, 0.15) is 0 Å². The highest BCUT2D eigenvalue weighted by molar-refractivity contribution is 7.90. The summed E-state index contributed by atoms with van der Waals surface area (Å²) in [5.41, 5.74) is 0.907. The minimum absolute atomic E-state index is 0.0982. The van der Waals surface area contributed by atoms with E-state index in [1.165, 1.54) is 0 Å². The van der Waals surface area contributed by atoms with E-state index >= 15 is 0 Å². The summed E-state index contributed by atoms with van der Waals surface area (Å²) in [6, 6.07) is 1.80. The molecule has 2 rings (SSSR count). The SMILES string of the molecule is CC(C)c1cc(NS(=O)(=O)NC2CC2)n[nH]1. The Hall–Kier alpha value is -1.08. The zero-order valence-corrected chi connectivity index (χ0v) is 10.1. The molecule has 1 aromatic rings. The highest BCUT2D eigenvalue weighted by Crippen LogP contribution is 2.20. The molecule has 1 fully saturated rings. The largest absolute Gasteiger partial charge is 0.300 e. The quantitative estimate of drug-likeness (QED) is 0.720. The predicted molar refractivity (Wildman–Crippen MR) is 61.4 cm³/mol. The van der Waals surface area contributed by atoms with Gasteiger partial charge in [0.15, 0.2) is 5.82 Å². The zero-order valence-electron chi connectivity index (χ0n) is 9.32. The first kappa shape index (κ1) is 11.4. The van der Waals surface area contributed by atoms with Crippen LogP contribution in [-0.4, -0.2) is 24.7 Å². The molecule has 1 saturated carbocycles. The summed E-state index contributed by atoms with van der Waals surface area (Å²) in [5, 5.41) is 6.69. The van der Waals surface area contributed by atoms with Gasteiger partial charge in [-0.05, 0) is 18.8 Å². The summed E-state index contributed by atoms with van der Waals surface area (Å²) in [5.74, 6) is 0.624. The number of aromatic amines is 1. The van der Waals surface area contributed by atoms with E-state index in [1.54, 1.807) is 6.07 Å². The summed E-state index contributed by atoms with van der Waals surface area (Å²) in [7, 11) is -3.47. The second-order valence-corrected chi connectivity index (χ2v) is 5.81. The highest BCUT2D eigenvalue weighted by atomic mass is 32.2. The third-order valence-electron chi connectivity index (χ3n) is 2.36. The molecule has 0 saturated heterocycles. The van der Waals surface area contributed by atoms with Crippen LogP contribution in [0.15, 0.2) is 6.07 Å². The van der Waals surface area contributed by atoms with Crippen molar-refractivity contribution in [3.63, 3.8) is 0 Å². The lowest BCUT2D eigenvalue weighted by Crippen LogP contribution is -2.31. The Morgan fingerprint density at radius 3 is 2.69 bits per heavy atom. The molecule has 1 aliphatic carbocycles. The maximum atomic E-state index is 11.6. The van der Waals surface area contributed by atoms with Gasteiger partial charge in [-0.1, -0.05) is 13.8 Å². The summed E-state index contributed by atoms with van der Waals surface area (Å²) in [6.07, 6.45) is 1.83. The van der Waals surface area contributed by atoms with E-state index in [0.29, 0.717) is 11.7 Å². The van der Waals surface area contributed by atoms with Crippen molar-refractivity contribution in [3.05, 3.63) is 11.8 Å². The number of H-pyrrole nitrogens is 1. The average molecular weight is 244 g/mol. The number of hydrogen-bond donors (Lipinski definition) is 3. The van der Waals surface area contributed by atoms with E-state index in [9.17, 15) is 8.42 Å². The van der Waals surface area contributed by atoms with Crippen LogP contribution in [0, 0.1) is 0 Å². The molecule has 0 spiro atoms. The average Bonchev–Trinajstić information content (AvgIpc) is 2.80. The van der Waals surface area contributed by atoms with Crippen LogP contribution in [-0.2, 0) is 10.2 Å². The Labute approximate surface area is 95.0 Å². The van der Waals surface area contributed by atoms with E-state index < -0.39 is 10.2 Å². The van der Waals surface area contributed by atoms with Gasteiger partial charge in [-0.15, -0.1) is 0 Å². The molecule has 7 heteroatoms. The summed E-state index contributed by atoms with van der Waals surface area (Å²) in [4.78, 5) is 0. The van der Waals surface area contributed by atoms with Crippen molar-refractivity contribution < 1.29 is 8.42 Å². The summed E-state index contributed by atoms with van der Waals surface area (Å²) in [6.45, 7) is 4.02. The number of rotatable bonds is 5. The lowest BCUT2D eigenvalue weighted by molar-refractivity contribution is 0.586. The van der Waals surface area contributed by atoms with E-state index in [2.05, 4.69) is 19.6 Å². The van der Waals surface area contributed by atoms with Gasteiger partial charge in [0.05, 0.1) is 0 Å². The fourth-order valence-electron chi connectivity index (χ4n) is 1.27. The van der Waals surface area contributed by atoms with E-state index in [0.717, 1.165) is 18.5 Å². The lowest BCUT2D eigenvalue weighted by atomic mass is 10.1. The molecule has 3 N–H and O–H groups in total. The van der Waals surface area contributed by atoms with Crippen LogP contribution in [0.5, 0.6) is 0 Å². The van der Waals surface area contributed by atoms with Gasteiger partial charge in [0.2, 0.25) is 0 Å². The molecule has 1 aliphatic rings. The van der Waals surface area contributed by atoms with Crippen LogP contribution in [0.1, 0.15) is 38.3 Å². The van der Waals surface area contributed by atoms with Crippen LogP contribution < -0.4 is 9.44 Å². The van der Waals surface area contributed by atoms with Crippen LogP contribution in [0.2, 0.25) is 0 Å². The number of anilines is 1. The normalized spacial score (nSPS) is 16.7. The van der Waals surface area contributed by atoms with Crippen molar-refractivity contribution in [2.24, 2.45) is 0 Å². The van der Waals surface area contributed by atoms with Crippen LogP contribution >= 0.6 is 0 Å². The molecule has 16 heavy (non-hydrogen) atoms. The monoisotopic (exact) mass is 244 g/mol. The number of nitrogens with zero attached hydrogens (tertiary/aromatic N) is 1. The van der Waals surface area contributed by atoms with Gasteiger partial charge >= 0.3 is 10.2 Å². The predicted octanol–water partition coefficient (Wildman–Crippen LogP) is 0.942. The minimum atomic E-state index is -3.47. The van der Waals surface area contributed by atoms with Crippen LogP contribution in [0.25, 0.3) is 0 Å². The third-order valence-corrected chi connectivity index (χ3v) is 3.48. The number of hydrogen-bond acceptors (Lipinski definition) is 3. The Kier molecular flexibility index (Phi) is 2.90. The molecule has 0 bridgehead atoms. The maximum Gasteiger partial charge on any atom is 0.300 e. The van der Waals surface area contributed by atoms with Crippen molar-refractivity contribution in [3.8, 4) is 0 Å². The zero-order chi connectivity index (χ0) is 11.8. The number of aromatic nitrogens is 2. The van der Waals surface area contributed by atoms with Crippen molar-refractivity contribution in [1.29, 1.82) is 0 Å². The van der Waals surface area contributed by atoms with Crippen molar-refractivity contribution in [2.45, 2.75) is 38.6 Å². The van der Waals surface area contributed by atoms with Crippen molar-refractivity contribution >= 4 is 16.0 Å². The Morgan fingerprint density at radius 2 is 2.19 bits per heavy atom. The second kappa shape index (κ2) is 4.06. The van der Waals surface area contributed by atoms with E-state index in [1.807, 2.05) is 13.8 Å². The van der Waals surface area contributed by atoms with Crippen LogP contribution in [0.4, 0.5) is 5.82 Å². The van der Waals surface area contributed by atoms with Gasteiger partial charge < -0.3 is 0 Å². The number of nitrogens with one attached hydrogen (secondary N) is 3. The van der Waals surface area contributed by atoms with Gasteiger partial charge in [-0.3, -0.25) is 9.82 Å². The van der Waals surface area contributed by atoms with Crippen molar-refractivity contribution in [1.82, 2.24) is 14.9 Å². The Bertz CT molecular complexity index is 462. The first-order valence-electron chi connectivity index (χ1n) is 5.31. The van der Waals surface area contributed by atoms with Gasteiger partial charge in [0.25, 0.3) is 0 Å². The molecule has 1 heterocycles. The summed E-state index contributed by atoms with van der Waals surface area (Å²) < 4.78 is 28.0. The molecule has 0 radical (unpaired) electrons. The molecule has 0 unspecified atom stereocenters. The molecule has 0 aromatic carbocycles. The Morgan fingerprint density at radius 1 is 1.50 bits per heavy atom. The highest BCUT2D eigenvalue weighted by Gasteiger charge is 2.27. The van der Waals surface area contributed by atoms with Gasteiger partial charge in [-0.25, -0.2) is 0 Å². The molecule has 90 valence electrons. The molecular weight excluding hydrogens is 228 g/mol. The fraction of sp³-hybridized carbons (Fsp3) is 0.667. The van der Waals surface area contributed by atoms with Crippen molar-refractivity contribution in [2.75, 3.05) is 4.72 Å². The fourth-order valence-corrected chi connectivity index (χ4v) is 2.39. The first-order chi connectivity index (χ1) is 7.46. The van der Waals surface area contributed by atoms with E-state index in [4.69, 9.17) is 0 Å². The van der Waals surface area contributed by atoms with Gasteiger partial charge in [0, 0.05) is 17.8 Å². The summed E-state index contributed by atoms with van der Waals surface area (Å²) >= 11 is 0. The third kappa shape index (κ3) is 2.96. The van der Waals surface area contributed by atoms with E-state index in [-0.39, 0.29) is 6.04 Å². The molecule has 1 aromatic heterocycles. The second-order valence-electron chi connectivity index (χ2n) is 4.36. The topological polar surface area (TPSA) is 86.9 Å². The molecule has 0 atom stereocenters. The molecular formula is C9H16N4O2S. The maximum absolute atomic E-state index is 11.6.